The summed E-state index contributed by atoms with van der Waals surface area (Å²) in [5.41, 5.74) is 2.50. The van der Waals surface area contributed by atoms with Gasteiger partial charge in [0.1, 0.15) is 10.8 Å². The van der Waals surface area contributed by atoms with Crippen LogP contribution in [0.25, 0.3) is 0 Å². The van der Waals surface area contributed by atoms with Crippen LogP contribution in [0, 0.1) is 18.3 Å². The zero-order valence-corrected chi connectivity index (χ0v) is 26.6. The molecule has 226 valence electrons. The van der Waals surface area contributed by atoms with Crippen LogP contribution in [0.5, 0.6) is 5.75 Å². The first-order valence-electron chi connectivity index (χ1n) is 13.0. The molecule has 0 radical (unpaired) electrons. The van der Waals surface area contributed by atoms with Gasteiger partial charge in [-0.2, -0.15) is 4.98 Å². The summed E-state index contributed by atoms with van der Waals surface area (Å²) < 4.78 is 56.6. The van der Waals surface area contributed by atoms with Gasteiger partial charge in [-0.15, -0.1) is 0 Å². The minimum Gasteiger partial charge on any atom is -0.489 e. The Labute approximate surface area is 247 Å². The second-order valence-corrected chi connectivity index (χ2v) is 15.0. The molecular formula is C26H38ClN7O5S2. The summed E-state index contributed by atoms with van der Waals surface area (Å²) in [5.74, 6) is 0.518. The number of halogens is 1. The van der Waals surface area contributed by atoms with Crippen LogP contribution in [0.1, 0.15) is 44.7 Å². The number of rotatable bonds is 12. The van der Waals surface area contributed by atoms with Crippen LogP contribution in [0.2, 0.25) is 5.02 Å². The Kier molecular flexibility index (Phi) is 10.3. The number of nitrogens with one attached hydrogen (secondary N) is 4. The largest absolute Gasteiger partial charge is 0.489 e. The lowest BCUT2D eigenvalue weighted by molar-refractivity contribution is 0.241. The number of aromatic nitrogens is 2. The summed E-state index contributed by atoms with van der Waals surface area (Å²) in [6, 6.07) is 3.80. The van der Waals surface area contributed by atoms with Crippen LogP contribution < -0.4 is 20.7 Å². The van der Waals surface area contributed by atoms with Gasteiger partial charge in [-0.25, -0.2) is 26.1 Å². The van der Waals surface area contributed by atoms with Gasteiger partial charge >= 0.3 is 0 Å². The highest BCUT2D eigenvalue weighted by Gasteiger charge is 2.35. The lowest BCUT2D eigenvalue weighted by Crippen LogP contribution is -2.48. The zero-order chi connectivity index (χ0) is 30.7. The van der Waals surface area contributed by atoms with Gasteiger partial charge in [0.15, 0.2) is 20.7 Å². The molecule has 0 unspecified atom stereocenters. The van der Waals surface area contributed by atoms with Crippen molar-refractivity contribution in [3.63, 3.8) is 0 Å². The molecule has 1 aliphatic heterocycles. The van der Waals surface area contributed by atoms with Crippen LogP contribution in [0.4, 0.5) is 17.5 Å². The van der Waals surface area contributed by atoms with E-state index in [4.69, 9.17) is 21.7 Å². The molecule has 15 heteroatoms. The number of aryl methyl sites for hydroxylation is 1. The van der Waals surface area contributed by atoms with Crippen molar-refractivity contribution in [2.45, 2.75) is 46.6 Å². The Balaban J connectivity index is 1.91. The maximum Gasteiger partial charge on any atom is 0.229 e. The van der Waals surface area contributed by atoms with Crippen LogP contribution in [0.15, 0.2) is 30.2 Å². The molecule has 3 rings (SSSR count). The van der Waals surface area contributed by atoms with E-state index in [0.717, 1.165) is 11.1 Å². The van der Waals surface area contributed by atoms with E-state index < -0.39 is 24.9 Å². The van der Waals surface area contributed by atoms with Crippen molar-refractivity contribution in [3.8, 4) is 5.75 Å². The van der Waals surface area contributed by atoms with Crippen molar-refractivity contribution in [2.75, 3.05) is 42.8 Å². The number of benzene rings is 1. The van der Waals surface area contributed by atoms with Crippen LogP contribution in [0.3, 0.4) is 0 Å². The Morgan fingerprint density at radius 1 is 1.22 bits per heavy atom. The highest BCUT2D eigenvalue weighted by atomic mass is 35.5. The van der Waals surface area contributed by atoms with Gasteiger partial charge in [-0.05, 0) is 49.9 Å². The molecule has 0 spiro atoms. The van der Waals surface area contributed by atoms with Gasteiger partial charge in [0.2, 0.25) is 16.0 Å². The first kappa shape index (κ1) is 32.6. The number of ether oxygens (including phenoxy) is 1. The summed E-state index contributed by atoms with van der Waals surface area (Å²) in [5, 5.41) is 16.6. The number of anilines is 3. The fourth-order valence-electron chi connectivity index (χ4n) is 4.25. The molecule has 41 heavy (non-hydrogen) atoms. The quantitative estimate of drug-likeness (QED) is 0.200. The summed E-state index contributed by atoms with van der Waals surface area (Å²) in [6.07, 6.45) is 3.78. The molecule has 0 bridgehead atoms. The minimum atomic E-state index is -3.86. The first-order chi connectivity index (χ1) is 19.0. The molecule has 1 aliphatic rings. The molecule has 1 aromatic carbocycles. The summed E-state index contributed by atoms with van der Waals surface area (Å²) in [4.78, 5) is 8.69. The lowest BCUT2D eigenvalue weighted by atomic mass is 9.89. The molecule has 0 aliphatic carbocycles. The van der Waals surface area contributed by atoms with Gasteiger partial charge in [-0.1, -0.05) is 25.4 Å². The number of nitrogens with zero attached hydrogens (tertiary/aromatic N) is 3. The second kappa shape index (κ2) is 12.9. The maximum absolute atomic E-state index is 12.7. The monoisotopic (exact) mass is 627 g/mol. The van der Waals surface area contributed by atoms with Gasteiger partial charge in [-0.3, -0.25) is 5.41 Å². The van der Waals surface area contributed by atoms with Crippen LogP contribution in [-0.4, -0.2) is 74.4 Å². The molecule has 0 amide bonds. The van der Waals surface area contributed by atoms with Gasteiger partial charge < -0.3 is 20.7 Å². The van der Waals surface area contributed by atoms with Crippen LogP contribution >= 0.6 is 11.6 Å². The fraction of sp³-hybridized carbons (Fsp3) is 0.500. The highest BCUT2D eigenvalue weighted by molar-refractivity contribution is 8.06. The predicted molar refractivity (Wildman–Crippen MR) is 164 cm³/mol. The topological polar surface area (TPSA) is 166 Å². The van der Waals surface area contributed by atoms with Gasteiger partial charge in [0.05, 0.1) is 35.7 Å². The standard InChI is InChI=1S/C26H38ClN7O5S2/c1-15(2)14-41(37,38)24(28)22(11-29-6)31-25-20(27)10-30-26(33-25)32-21-8-17(5)19(9-23(21)39-16(3)4)18-12-34(13-18)40(7,35)36/h8-11,15-16,18,28-29H,12-14H2,1-7H3,(H2,30,31,32,33)/b22-11+,28-24?. The number of hydrogen-bond donors (Lipinski definition) is 4. The Morgan fingerprint density at radius 2 is 1.88 bits per heavy atom. The predicted octanol–water partition coefficient (Wildman–Crippen LogP) is 3.85. The number of hydrogen-bond acceptors (Lipinski definition) is 11. The van der Waals surface area contributed by atoms with E-state index in [1.54, 1.807) is 20.9 Å². The average molecular weight is 628 g/mol. The van der Waals surface area contributed by atoms with Crippen molar-refractivity contribution >= 4 is 54.0 Å². The minimum absolute atomic E-state index is 0.0210. The molecule has 1 aromatic heterocycles. The molecule has 4 N–H and O–H groups in total. The van der Waals surface area contributed by atoms with E-state index in [2.05, 4.69) is 25.9 Å². The first-order valence-corrected chi connectivity index (χ1v) is 16.9. The zero-order valence-electron chi connectivity index (χ0n) is 24.2. The van der Waals surface area contributed by atoms with Gasteiger partial charge in [0, 0.05) is 32.3 Å². The fourth-order valence-corrected chi connectivity index (χ4v) is 6.78. The second-order valence-electron chi connectivity index (χ2n) is 10.6. The SMILES string of the molecule is CN/C=C(/Nc1nc(Nc2cc(C)c(C3CN(S(C)(=O)=O)C3)cc2OC(C)C)ncc1Cl)C(=N)S(=O)(=O)CC(C)C. The van der Waals surface area contributed by atoms with E-state index in [1.165, 1.54) is 23.0 Å². The molecule has 2 heterocycles. The van der Waals surface area contributed by atoms with E-state index >= 15 is 0 Å². The molecule has 12 nitrogen and oxygen atoms in total. The third-order valence-electron chi connectivity index (χ3n) is 6.13. The molecular weight excluding hydrogens is 590 g/mol. The van der Waals surface area contributed by atoms with E-state index in [-0.39, 0.29) is 46.2 Å². The van der Waals surface area contributed by atoms with E-state index in [1.807, 2.05) is 32.9 Å². The van der Waals surface area contributed by atoms with E-state index in [9.17, 15) is 16.8 Å². The van der Waals surface area contributed by atoms with Crippen molar-refractivity contribution < 1.29 is 21.6 Å². The normalized spacial score (nSPS) is 15.1. The molecule has 1 saturated heterocycles. The van der Waals surface area contributed by atoms with Crippen molar-refractivity contribution in [3.05, 3.63) is 46.4 Å². The number of sulfonamides is 1. The highest BCUT2D eigenvalue weighted by Crippen LogP contribution is 2.38. The summed E-state index contributed by atoms with van der Waals surface area (Å²) >= 11 is 6.34. The maximum atomic E-state index is 12.7. The summed E-state index contributed by atoms with van der Waals surface area (Å²) in [7, 11) is -5.51. The third-order valence-corrected chi connectivity index (χ3v) is 9.59. The van der Waals surface area contributed by atoms with Crippen LogP contribution in [-0.2, 0) is 19.9 Å². The van der Waals surface area contributed by atoms with Gasteiger partial charge in [0.25, 0.3) is 0 Å². The third kappa shape index (κ3) is 8.31. The average Bonchev–Trinajstić information content (AvgIpc) is 2.80. The van der Waals surface area contributed by atoms with Crippen molar-refractivity contribution in [1.29, 1.82) is 5.41 Å². The molecule has 0 saturated carbocycles. The number of sulfone groups is 1. The van der Waals surface area contributed by atoms with E-state index in [0.29, 0.717) is 24.5 Å². The molecule has 2 aromatic rings. The Hall–Kier alpha value is -2.94. The molecule has 0 atom stereocenters. The summed E-state index contributed by atoms with van der Waals surface area (Å²) in [6.45, 7) is 10.1. The molecule has 1 fully saturated rings. The van der Waals surface area contributed by atoms with Crippen molar-refractivity contribution in [2.24, 2.45) is 5.92 Å². The smallest absolute Gasteiger partial charge is 0.229 e. The Morgan fingerprint density at radius 3 is 2.44 bits per heavy atom. The lowest BCUT2D eigenvalue weighted by Gasteiger charge is -2.38. The van der Waals surface area contributed by atoms with Crippen molar-refractivity contribution in [1.82, 2.24) is 19.6 Å². The Bertz CT molecular complexity index is 1540.